The third kappa shape index (κ3) is 4.17. The van der Waals surface area contributed by atoms with Crippen LogP contribution in [-0.2, 0) is 11.2 Å². The minimum Gasteiger partial charge on any atom is -0.370 e. The van der Waals surface area contributed by atoms with Crippen LogP contribution in [0.2, 0.25) is 0 Å². The van der Waals surface area contributed by atoms with Crippen LogP contribution in [0.5, 0.6) is 0 Å². The van der Waals surface area contributed by atoms with E-state index in [1.165, 1.54) is 24.8 Å². The number of rotatable bonds is 6. The summed E-state index contributed by atoms with van der Waals surface area (Å²) in [6.45, 7) is 4.59. The van der Waals surface area contributed by atoms with E-state index in [-0.39, 0.29) is 18.5 Å². The van der Waals surface area contributed by atoms with Gasteiger partial charge in [-0.05, 0) is 30.7 Å². The Labute approximate surface area is 122 Å². The van der Waals surface area contributed by atoms with Crippen molar-refractivity contribution >= 4 is 5.78 Å². The predicted octanol–water partition coefficient (Wildman–Crippen LogP) is 4.42. The first kappa shape index (κ1) is 15.2. The number of carbonyl (C=O) groups excluding carboxylic acids is 1. The lowest BCUT2D eigenvalue weighted by atomic mass is 9.85. The first-order chi connectivity index (χ1) is 9.72. The maximum absolute atomic E-state index is 12.1. The van der Waals surface area contributed by atoms with Crippen LogP contribution < -0.4 is 0 Å². The topological polar surface area (TPSA) is 26.3 Å². The minimum atomic E-state index is 0.103. The van der Waals surface area contributed by atoms with Crippen LogP contribution in [-0.4, -0.2) is 18.5 Å². The largest absolute Gasteiger partial charge is 0.370 e. The van der Waals surface area contributed by atoms with Crippen molar-refractivity contribution in [3.63, 3.8) is 0 Å². The van der Waals surface area contributed by atoms with E-state index in [4.69, 9.17) is 4.74 Å². The SMILES string of the molecule is CCc1ccc(C(=O)COC2CCCC(CC)C2)cc1. The van der Waals surface area contributed by atoms with Gasteiger partial charge in [0.2, 0.25) is 0 Å². The van der Waals surface area contributed by atoms with Crippen LogP contribution in [0.3, 0.4) is 0 Å². The molecule has 1 saturated carbocycles. The van der Waals surface area contributed by atoms with Crippen LogP contribution in [0.4, 0.5) is 0 Å². The van der Waals surface area contributed by atoms with Gasteiger partial charge in [-0.3, -0.25) is 4.79 Å². The fourth-order valence-electron chi connectivity index (χ4n) is 2.97. The molecule has 1 aliphatic rings. The highest BCUT2D eigenvalue weighted by molar-refractivity contribution is 5.97. The third-order valence-corrected chi connectivity index (χ3v) is 4.45. The van der Waals surface area contributed by atoms with E-state index >= 15 is 0 Å². The average molecular weight is 274 g/mol. The maximum atomic E-state index is 12.1. The van der Waals surface area contributed by atoms with Crippen molar-refractivity contribution < 1.29 is 9.53 Å². The lowest BCUT2D eigenvalue weighted by Crippen LogP contribution is -2.25. The van der Waals surface area contributed by atoms with E-state index in [2.05, 4.69) is 13.8 Å². The lowest BCUT2D eigenvalue weighted by Gasteiger charge is -2.28. The van der Waals surface area contributed by atoms with Crippen LogP contribution >= 0.6 is 0 Å². The molecule has 2 nitrogen and oxygen atoms in total. The third-order valence-electron chi connectivity index (χ3n) is 4.45. The first-order valence-electron chi connectivity index (χ1n) is 7.96. The zero-order chi connectivity index (χ0) is 14.4. The maximum Gasteiger partial charge on any atom is 0.188 e. The monoisotopic (exact) mass is 274 g/mol. The second-order valence-corrected chi connectivity index (χ2v) is 5.85. The molecule has 20 heavy (non-hydrogen) atoms. The van der Waals surface area contributed by atoms with Crippen molar-refractivity contribution in [3.8, 4) is 0 Å². The Balaban J connectivity index is 1.82. The highest BCUT2D eigenvalue weighted by Crippen LogP contribution is 2.28. The summed E-state index contributed by atoms with van der Waals surface area (Å²) in [5.41, 5.74) is 2.03. The van der Waals surface area contributed by atoms with Crippen molar-refractivity contribution in [1.82, 2.24) is 0 Å². The van der Waals surface area contributed by atoms with Crippen molar-refractivity contribution in [2.24, 2.45) is 5.92 Å². The molecule has 1 aromatic rings. The molecule has 1 aliphatic carbocycles. The standard InChI is InChI=1S/C18H26O2/c1-3-14-8-10-16(11-9-14)18(19)13-20-17-7-5-6-15(4-2)12-17/h8-11,15,17H,3-7,12-13H2,1-2H3. The summed E-state index contributed by atoms with van der Waals surface area (Å²) in [5, 5.41) is 0. The quantitative estimate of drug-likeness (QED) is 0.718. The molecule has 1 fully saturated rings. The second-order valence-electron chi connectivity index (χ2n) is 5.85. The summed E-state index contributed by atoms with van der Waals surface area (Å²) in [7, 11) is 0. The summed E-state index contributed by atoms with van der Waals surface area (Å²) in [4.78, 5) is 12.1. The van der Waals surface area contributed by atoms with Gasteiger partial charge in [-0.15, -0.1) is 0 Å². The fraction of sp³-hybridized carbons (Fsp3) is 0.611. The number of benzene rings is 1. The van der Waals surface area contributed by atoms with Gasteiger partial charge in [-0.25, -0.2) is 0 Å². The Morgan fingerprint density at radius 2 is 1.95 bits per heavy atom. The van der Waals surface area contributed by atoms with Gasteiger partial charge in [-0.2, -0.15) is 0 Å². The van der Waals surface area contributed by atoms with Gasteiger partial charge in [0.05, 0.1) is 6.10 Å². The summed E-state index contributed by atoms with van der Waals surface area (Å²) in [6, 6.07) is 7.89. The highest BCUT2D eigenvalue weighted by Gasteiger charge is 2.22. The van der Waals surface area contributed by atoms with Gasteiger partial charge in [0.15, 0.2) is 5.78 Å². The number of Topliss-reactive ketones (excluding diaryl/α,β-unsaturated/α-hetero) is 1. The molecule has 0 heterocycles. The van der Waals surface area contributed by atoms with E-state index in [1.807, 2.05) is 24.3 Å². The molecule has 0 saturated heterocycles. The molecule has 0 radical (unpaired) electrons. The van der Waals surface area contributed by atoms with E-state index in [9.17, 15) is 4.79 Å². The summed E-state index contributed by atoms with van der Waals surface area (Å²) < 4.78 is 5.84. The lowest BCUT2D eigenvalue weighted by molar-refractivity contribution is 0.0156. The molecular formula is C18H26O2. The van der Waals surface area contributed by atoms with Crippen LogP contribution in [0, 0.1) is 5.92 Å². The van der Waals surface area contributed by atoms with Gasteiger partial charge >= 0.3 is 0 Å². The van der Waals surface area contributed by atoms with Gasteiger partial charge in [-0.1, -0.05) is 57.4 Å². The zero-order valence-electron chi connectivity index (χ0n) is 12.7. The molecule has 2 heteroatoms. The fourth-order valence-corrected chi connectivity index (χ4v) is 2.97. The van der Waals surface area contributed by atoms with Crippen molar-refractivity contribution in [2.45, 2.75) is 58.5 Å². The van der Waals surface area contributed by atoms with E-state index in [0.29, 0.717) is 0 Å². The first-order valence-corrected chi connectivity index (χ1v) is 7.96. The number of hydrogen-bond donors (Lipinski definition) is 0. The Morgan fingerprint density at radius 1 is 1.20 bits per heavy atom. The summed E-state index contributed by atoms with van der Waals surface area (Å²) in [6.07, 6.45) is 7.31. The molecular weight excluding hydrogens is 248 g/mol. The minimum absolute atomic E-state index is 0.103. The van der Waals surface area contributed by atoms with Crippen molar-refractivity contribution in [2.75, 3.05) is 6.61 Å². The number of hydrogen-bond acceptors (Lipinski definition) is 2. The molecule has 0 bridgehead atoms. The number of aryl methyl sites for hydroxylation is 1. The second kappa shape index (κ2) is 7.58. The van der Waals surface area contributed by atoms with E-state index in [0.717, 1.165) is 30.7 Å². The number of carbonyl (C=O) groups is 1. The van der Waals surface area contributed by atoms with Gasteiger partial charge in [0.25, 0.3) is 0 Å². The van der Waals surface area contributed by atoms with Crippen molar-refractivity contribution in [3.05, 3.63) is 35.4 Å². The Bertz CT molecular complexity index is 422. The predicted molar refractivity (Wildman–Crippen MR) is 82.1 cm³/mol. The molecule has 0 aliphatic heterocycles. The Morgan fingerprint density at radius 3 is 2.60 bits per heavy atom. The van der Waals surface area contributed by atoms with Gasteiger partial charge in [0, 0.05) is 5.56 Å². The van der Waals surface area contributed by atoms with Gasteiger partial charge in [0.1, 0.15) is 6.61 Å². The van der Waals surface area contributed by atoms with Crippen molar-refractivity contribution in [1.29, 1.82) is 0 Å². The molecule has 110 valence electrons. The molecule has 0 N–H and O–H groups in total. The molecule has 0 aromatic heterocycles. The normalized spacial score (nSPS) is 22.7. The van der Waals surface area contributed by atoms with Gasteiger partial charge < -0.3 is 4.74 Å². The zero-order valence-corrected chi connectivity index (χ0v) is 12.7. The smallest absolute Gasteiger partial charge is 0.188 e. The van der Waals surface area contributed by atoms with Crippen LogP contribution in [0.25, 0.3) is 0 Å². The van der Waals surface area contributed by atoms with Crippen LogP contribution in [0.1, 0.15) is 61.9 Å². The molecule has 2 unspecified atom stereocenters. The molecule has 0 amide bonds. The molecule has 2 rings (SSSR count). The summed E-state index contributed by atoms with van der Waals surface area (Å²) >= 11 is 0. The van der Waals surface area contributed by atoms with E-state index in [1.54, 1.807) is 0 Å². The molecule has 0 spiro atoms. The van der Waals surface area contributed by atoms with E-state index < -0.39 is 0 Å². The summed E-state index contributed by atoms with van der Waals surface area (Å²) in [5.74, 6) is 0.888. The Kier molecular flexibility index (Phi) is 5.78. The average Bonchev–Trinajstić information content (AvgIpc) is 2.53. The Hall–Kier alpha value is -1.15. The van der Waals surface area contributed by atoms with Crippen LogP contribution in [0.15, 0.2) is 24.3 Å². The molecule has 2 atom stereocenters. The highest BCUT2D eigenvalue weighted by atomic mass is 16.5. The molecule has 1 aromatic carbocycles. The number of ether oxygens (including phenoxy) is 1. The number of ketones is 1.